The van der Waals surface area contributed by atoms with Crippen LogP contribution in [0.5, 0.6) is 5.75 Å². The number of rotatable bonds is 5. The highest BCUT2D eigenvalue weighted by Crippen LogP contribution is 2.29. The molecular formula is C16H18N2O5. The Balaban J connectivity index is 2.35. The molecule has 0 saturated heterocycles. The van der Waals surface area contributed by atoms with Gasteiger partial charge in [-0.1, -0.05) is 0 Å². The maximum atomic E-state index is 12.6. The van der Waals surface area contributed by atoms with E-state index in [1.54, 1.807) is 38.1 Å². The second-order valence-corrected chi connectivity index (χ2v) is 5.10. The second kappa shape index (κ2) is 6.95. The fourth-order valence-corrected chi connectivity index (χ4v) is 2.05. The Labute approximate surface area is 133 Å². The monoisotopic (exact) mass is 318 g/mol. The van der Waals surface area contributed by atoms with Gasteiger partial charge in [-0.05, 0) is 25.1 Å². The summed E-state index contributed by atoms with van der Waals surface area (Å²) in [6.45, 7) is 1.78. The predicted octanol–water partition coefficient (Wildman–Crippen LogP) is 1.21. The number of nitrogens with zero attached hydrogens (tertiary/aromatic N) is 1. The van der Waals surface area contributed by atoms with Gasteiger partial charge in [-0.15, -0.1) is 0 Å². The number of Topliss-reactive ketones (excluding diaryl/α,β-unsaturated/α-hetero) is 1. The number of benzene rings is 1. The topological polar surface area (TPSA) is 84.9 Å². The number of carbonyl (C=O) groups is 3. The molecule has 23 heavy (non-hydrogen) atoms. The lowest BCUT2D eigenvalue weighted by molar-refractivity contribution is -0.138. The summed E-state index contributed by atoms with van der Waals surface area (Å²) in [6.07, 6.45) is 1.41. The molecule has 0 radical (unpaired) electrons. The van der Waals surface area contributed by atoms with E-state index in [1.165, 1.54) is 12.3 Å². The molecule has 0 aromatic heterocycles. The summed E-state index contributed by atoms with van der Waals surface area (Å²) in [5.41, 5.74) is 0.579. The summed E-state index contributed by atoms with van der Waals surface area (Å²) < 4.78 is 10.2. The molecule has 1 aromatic carbocycles. The normalized spacial score (nSPS) is 13.5. The van der Waals surface area contributed by atoms with Crippen LogP contribution in [0, 0.1) is 0 Å². The average molecular weight is 318 g/mol. The third kappa shape index (κ3) is 3.88. The Morgan fingerprint density at radius 1 is 1.39 bits per heavy atom. The minimum absolute atomic E-state index is 0.0606. The van der Waals surface area contributed by atoms with E-state index in [1.807, 2.05) is 0 Å². The molecule has 1 heterocycles. The van der Waals surface area contributed by atoms with E-state index < -0.39 is 11.8 Å². The summed E-state index contributed by atoms with van der Waals surface area (Å²) in [7, 11) is 3.40. The van der Waals surface area contributed by atoms with Gasteiger partial charge in [-0.2, -0.15) is 0 Å². The van der Waals surface area contributed by atoms with Crippen molar-refractivity contribution in [2.45, 2.75) is 6.92 Å². The number of anilines is 1. The number of hydrogen-bond acceptors (Lipinski definition) is 6. The molecule has 0 atom stereocenters. The van der Waals surface area contributed by atoms with Crippen LogP contribution in [0.4, 0.5) is 5.69 Å². The van der Waals surface area contributed by atoms with Gasteiger partial charge in [0.1, 0.15) is 11.3 Å². The fourth-order valence-electron chi connectivity index (χ4n) is 2.05. The van der Waals surface area contributed by atoms with Gasteiger partial charge in [0.15, 0.2) is 6.61 Å². The highest BCUT2D eigenvalue weighted by Gasteiger charge is 2.24. The maximum absolute atomic E-state index is 12.6. The summed E-state index contributed by atoms with van der Waals surface area (Å²) in [4.78, 5) is 37.6. The molecule has 0 unspecified atom stereocenters. The van der Waals surface area contributed by atoms with Gasteiger partial charge in [0.2, 0.25) is 5.78 Å². The van der Waals surface area contributed by atoms with Gasteiger partial charge < -0.3 is 19.7 Å². The summed E-state index contributed by atoms with van der Waals surface area (Å²) in [5, 5.41) is 2.63. The minimum atomic E-state index is -0.691. The number of fused-ring (bicyclic) bond motifs is 1. The first kappa shape index (κ1) is 16.5. The van der Waals surface area contributed by atoms with Gasteiger partial charge >= 0.3 is 5.97 Å². The molecule has 2 rings (SSSR count). The van der Waals surface area contributed by atoms with Crippen LogP contribution >= 0.6 is 0 Å². The zero-order valence-corrected chi connectivity index (χ0v) is 13.2. The molecule has 7 nitrogen and oxygen atoms in total. The van der Waals surface area contributed by atoms with Crippen LogP contribution in [0.1, 0.15) is 17.3 Å². The number of ketones is 1. The van der Waals surface area contributed by atoms with Crippen molar-refractivity contribution in [3.8, 4) is 5.75 Å². The van der Waals surface area contributed by atoms with Crippen molar-refractivity contribution in [1.29, 1.82) is 0 Å². The van der Waals surface area contributed by atoms with Crippen LogP contribution in [0.2, 0.25) is 0 Å². The Morgan fingerprint density at radius 2 is 2.13 bits per heavy atom. The first-order valence-corrected chi connectivity index (χ1v) is 7.09. The van der Waals surface area contributed by atoms with E-state index in [0.717, 1.165) is 0 Å². The summed E-state index contributed by atoms with van der Waals surface area (Å²) >= 11 is 0. The van der Waals surface area contributed by atoms with Crippen LogP contribution in [0.25, 0.3) is 0 Å². The number of ether oxygens (including phenoxy) is 2. The van der Waals surface area contributed by atoms with Crippen LogP contribution in [-0.2, 0) is 14.3 Å². The molecule has 1 N–H and O–H groups in total. The smallest absolute Gasteiger partial charge is 0.343 e. The van der Waals surface area contributed by atoms with Crippen molar-refractivity contribution < 1.29 is 23.9 Å². The molecule has 0 saturated carbocycles. The van der Waals surface area contributed by atoms with Crippen molar-refractivity contribution in [2.24, 2.45) is 0 Å². The summed E-state index contributed by atoms with van der Waals surface area (Å²) in [6, 6.07) is 4.61. The highest BCUT2D eigenvalue weighted by atomic mass is 16.5. The molecule has 1 amide bonds. The van der Waals surface area contributed by atoms with E-state index in [2.05, 4.69) is 5.32 Å². The SMILES string of the molecule is CCOC(=O)/C(=C/N(C)C)C(=O)c1ccc2c(c1)NC(=O)CO2. The Bertz CT molecular complexity index is 679. The number of hydrogen-bond donors (Lipinski definition) is 1. The summed E-state index contributed by atoms with van der Waals surface area (Å²) in [5.74, 6) is -0.990. The van der Waals surface area contributed by atoms with E-state index >= 15 is 0 Å². The zero-order valence-electron chi connectivity index (χ0n) is 13.2. The number of carbonyl (C=O) groups excluding carboxylic acids is 3. The van der Waals surface area contributed by atoms with Crippen molar-refractivity contribution in [1.82, 2.24) is 4.90 Å². The van der Waals surface area contributed by atoms with Crippen molar-refractivity contribution >= 4 is 23.3 Å². The highest BCUT2D eigenvalue weighted by molar-refractivity contribution is 6.24. The number of nitrogens with one attached hydrogen (secondary N) is 1. The van der Waals surface area contributed by atoms with Gasteiger partial charge in [-0.3, -0.25) is 9.59 Å². The molecule has 122 valence electrons. The zero-order chi connectivity index (χ0) is 17.0. The lowest BCUT2D eigenvalue weighted by Gasteiger charge is -2.18. The van der Waals surface area contributed by atoms with Crippen molar-refractivity contribution in [2.75, 3.05) is 32.6 Å². The third-order valence-electron chi connectivity index (χ3n) is 3.00. The van der Waals surface area contributed by atoms with Gasteiger partial charge in [0.25, 0.3) is 5.91 Å². The van der Waals surface area contributed by atoms with Gasteiger partial charge in [0.05, 0.1) is 12.3 Å². The maximum Gasteiger partial charge on any atom is 0.343 e. The van der Waals surface area contributed by atoms with Gasteiger partial charge in [0, 0.05) is 25.9 Å². The van der Waals surface area contributed by atoms with Crippen molar-refractivity contribution in [3.63, 3.8) is 0 Å². The predicted molar refractivity (Wildman–Crippen MR) is 83.3 cm³/mol. The standard InChI is InChI=1S/C16H18N2O5/c1-4-22-16(21)11(8-18(2)3)15(20)10-5-6-13-12(7-10)17-14(19)9-23-13/h5-8H,4,9H2,1-3H3,(H,17,19)/b11-8+. The van der Waals surface area contributed by atoms with Crippen LogP contribution in [0.3, 0.4) is 0 Å². The first-order chi connectivity index (χ1) is 10.9. The minimum Gasteiger partial charge on any atom is -0.482 e. The molecule has 0 spiro atoms. The number of amides is 1. The molecule has 1 aliphatic rings. The Hall–Kier alpha value is -2.83. The van der Waals surface area contributed by atoms with E-state index in [0.29, 0.717) is 11.4 Å². The largest absolute Gasteiger partial charge is 0.482 e. The quantitative estimate of drug-likeness (QED) is 0.289. The van der Waals surface area contributed by atoms with E-state index in [4.69, 9.17) is 9.47 Å². The van der Waals surface area contributed by atoms with Crippen molar-refractivity contribution in [3.05, 3.63) is 35.5 Å². The number of esters is 1. The molecule has 1 aromatic rings. The lowest BCUT2D eigenvalue weighted by atomic mass is 10.0. The molecular weight excluding hydrogens is 300 g/mol. The molecule has 1 aliphatic heterocycles. The fraction of sp³-hybridized carbons (Fsp3) is 0.312. The molecule has 7 heteroatoms. The van der Waals surface area contributed by atoms with Crippen LogP contribution in [-0.4, -0.2) is 49.9 Å². The second-order valence-electron chi connectivity index (χ2n) is 5.10. The molecule has 0 aliphatic carbocycles. The lowest BCUT2D eigenvalue weighted by Crippen LogP contribution is -2.26. The molecule has 0 fully saturated rings. The molecule has 0 bridgehead atoms. The van der Waals surface area contributed by atoms with E-state index in [-0.39, 0.29) is 30.3 Å². The Kier molecular flexibility index (Phi) is 5.00. The van der Waals surface area contributed by atoms with Crippen LogP contribution < -0.4 is 10.1 Å². The average Bonchev–Trinajstić information content (AvgIpc) is 2.51. The third-order valence-corrected chi connectivity index (χ3v) is 3.00. The van der Waals surface area contributed by atoms with Crippen LogP contribution in [0.15, 0.2) is 30.0 Å². The first-order valence-electron chi connectivity index (χ1n) is 7.09. The Morgan fingerprint density at radius 3 is 2.78 bits per heavy atom. The van der Waals surface area contributed by atoms with E-state index in [9.17, 15) is 14.4 Å². The van der Waals surface area contributed by atoms with Gasteiger partial charge in [-0.25, -0.2) is 4.79 Å².